The molecule has 0 aromatic heterocycles. The molecular weight excluding hydrogens is 217 g/mol. The summed E-state index contributed by atoms with van der Waals surface area (Å²) in [5.41, 5.74) is 0.237. The molecule has 0 N–H and O–H groups in total. The van der Waals surface area contributed by atoms with Crippen LogP contribution in [-0.4, -0.2) is 30.8 Å². The van der Waals surface area contributed by atoms with Crippen molar-refractivity contribution < 1.29 is 9.18 Å². The molecule has 0 amide bonds. The topological polar surface area (TPSA) is 20.3 Å². The monoisotopic (exact) mass is 235 g/mol. The van der Waals surface area contributed by atoms with Gasteiger partial charge in [0.1, 0.15) is 5.82 Å². The third-order valence-corrected chi connectivity index (χ3v) is 3.37. The van der Waals surface area contributed by atoms with Crippen molar-refractivity contribution in [3.8, 4) is 0 Å². The molecule has 1 saturated heterocycles. The number of rotatable bonds is 3. The summed E-state index contributed by atoms with van der Waals surface area (Å²) in [5, 5.41) is 0. The van der Waals surface area contributed by atoms with Crippen molar-refractivity contribution in [1.29, 1.82) is 0 Å². The van der Waals surface area contributed by atoms with E-state index in [4.69, 9.17) is 0 Å². The van der Waals surface area contributed by atoms with Crippen LogP contribution in [0, 0.1) is 11.7 Å². The molecule has 1 aliphatic rings. The molecule has 1 aromatic rings. The molecule has 0 aliphatic carbocycles. The Morgan fingerprint density at radius 2 is 2.24 bits per heavy atom. The summed E-state index contributed by atoms with van der Waals surface area (Å²) in [6.45, 7) is 2.05. The molecule has 92 valence electrons. The molecule has 0 spiro atoms. The van der Waals surface area contributed by atoms with E-state index in [1.54, 1.807) is 18.2 Å². The highest BCUT2D eigenvalue weighted by molar-refractivity contribution is 5.96. The molecule has 1 atom stereocenters. The predicted molar refractivity (Wildman–Crippen MR) is 65.6 cm³/mol. The standard InChI is InChI=1S/C14H18FNO/c1-16-8-4-5-11(10-16)9-14(17)12-6-2-3-7-13(12)15/h2-3,6-7,11H,4-5,8-10H2,1H3. The van der Waals surface area contributed by atoms with Crippen molar-refractivity contribution in [1.82, 2.24) is 4.90 Å². The maximum atomic E-state index is 13.4. The lowest BCUT2D eigenvalue weighted by atomic mass is 9.91. The fourth-order valence-corrected chi connectivity index (χ4v) is 2.50. The summed E-state index contributed by atoms with van der Waals surface area (Å²) in [7, 11) is 2.07. The van der Waals surface area contributed by atoms with Crippen molar-refractivity contribution in [2.45, 2.75) is 19.3 Å². The largest absolute Gasteiger partial charge is 0.306 e. The highest BCUT2D eigenvalue weighted by atomic mass is 19.1. The number of Topliss-reactive ketones (excluding diaryl/α,β-unsaturated/α-hetero) is 1. The van der Waals surface area contributed by atoms with Gasteiger partial charge in [0, 0.05) is 13.0 Å². The molecule has 0 radical (unpaired) electrons. The Morgan fingerprint density at radius 3 is 2.94 bits per heavy atom. The molecule has 1 fully saturated rings. The number of benzene rings is 1. The maximum Gasteiger partial charge on any atom is 0.166 e. The van der Waals surface area contributed by atoms with Crippen LogP contribution in [0.15, 0.2) is 24.3 Å². The third-order valence-electron chi connectivity index (χ3n) is 3.37. The molecule has 1 unspecified atom stereocenters. The van der Waals surface area contributed by atoms with E-state index in [2.05, 4.69) is 11.9 Å². The molecule has 17 heavy (non-hydrogen) atoms. The number of hydrogen-bond acceptors (Lipinski definition) is 2. The number of ketones is 1. The first kappa shape index (κ1) is 12.2. The van der Waals surface area contributed by atoms with Gasteiger partial charge in [0.25, 0.3) is 0 Å². The zero-order valence-electron chi connectivity index (χ0n) is 10.2. The molecule has 0 saturated carbocycles. The number of carbonyl (C=O) groups is 1. The van der Waals surface area contributed by atoms with Crippen LogP contribution in [0.2, 0.25) is 0 Å². The van der Waals surface area contributed by atoms with E-state index in [1.807, 2.05) is 0 Å². The number of nitrogens with zero attached hydrogens (tertiary/aromatic N) is 1. The van der Waals surface area contributed by atoms with Crippen LogP contribution in [0.4, 0.5) is 4.39 Å². The second kappa shape index (κ2) is 5.41. The van der Waals surface area contributed by atoms with Crippen molar-refractivity contribution >= 4 is 5.78 Å². The number of piperidine rings is 1. The summed E-state index contributed by atoms with van der Waals surface area (Å²) in [6, 6.07) is 6.24. The molecule has 1 aromatic carbocycles. The van der Waals surface area contributed by atoms with E-state index >= 15 is 0 Å². The lowest BCUT2D eigenvalue weighted by molar-refractivity contribution is 0.0926. The lowest BCUT2D eigenvalue weighted by Gasteiger charge is -2.29. The lowest BCUT2D eigenvalue weighted by Crippen LogP contribution is -2.33. The zero-order valence-corrected chi connectivity index (χ0v) is 10.2. The number of likely N-dealkylation sites (tertiary alicyclic amines) is 1. The molecule has 1 heterocycles. The quantitative estimate of drug-likeness (QED) is 0.751. The Labute approximate surface area is 101 Å². The second-order valence-electron chi connectivity index (χ2n) is 4.88. The molecular formula is C14H18FNO. The van der Waals surface area contributed by atoms with Gasteiger partial charge >= 0.3 is 0 Å². The first-order valence-electron chi connectivity index (χ1n) is 6.13. The van der Waals surface area contributed by atoms with Gasteiger partial charge in [-0.1, -0.05) is 12.1 Å². The van der Waals surface area contributed by atoms with Gasteiger partial charge in [0.05, 0.1) is 5.56 Å². The minimum Gasteiger partial charge on any atom is -0.306 e. The summed E-state index contributed by atoms with van der Waals surface area (Å²) < 4.78 is 13.4. The first-order chi connectivity index (χ1) is 8.16. The average Bonchev–Trinajstić information content (AvgIpc) is 2.29. The Bertz CT molecular complexity index is 405. The van der Waals surface area contributed by atoms with Gasteiger partial charge in [-0.05, 0) is 44.5 Å². The Hall–Kier alpha value is -1.22. The molecule has 2 nitrogen and oxygen atoms in total. The van der Waals surface area contributed by atoms with Gasteiger partial charge in [-0.15, -0.1) is 0 Å². The predicted octanol–water partition coefficient (Wildman–Crippen LogP) is 2.74. The van der Waals surface area contributed by atoms with Crippen LogP contribution in [0.1, 0.15) is 29.6 Å². The molecule has 1 aliphatic heterocycles. The smallest absolute Gasteiger partial charge is 0.166 e. The van der Waals surface area contributed by atoms with Crippen LogP contribution in [0.3, 0.4) is 0 Å². The van der Waals surface area contributed by atoms with Crippen LogP contribution in [0.25, 0.3) is 0 Å². The van der Waals surface area contributed by atoms with Gasteiger partial charge < -0.3 is 4.90 Å². The molecule has 2 rings (SSSR count). The zero-order chi connectivity index (χ0) is 12.3. The van der Waals surface area contributed by atoms with E-state index < -0.39 is 5.82 Å². The van der Waals surface area contributed by atoms with Crippen molar-refractivity contribution in [3.05, 3.63) is 35.6 Å². The van der Waals surface area contributed by atoms with Crippen LogP contribution < -0.4 is 0 Å². The number of carbonyl (C=O) groups excluding carboxylic acids is 1. The van der Waals surface area contributed by atoms with E-state index in [0.29, 0.717) is 12.3 Å². The van der Waals surface area contributed by atoms with E-state index in [0.717, 1.165) is 25.9 Å². The molecule has 0 bridgehead atoms. The van der Waals surface area contributed by atoms with Gasteiger partial charge in [0.2, 0.25) is 0 Å². The first-order valence-corrected chi connectivity index (χ1v) is 6.13. The van der Waals surface area contributed by atoms with E-state index in [1.165, 1.54) is 6.07 Å². The average molecular weight is 235 g/mol. The summed E-state index contributed by atoms with van der Waals surface area (Å²) >= 11 is 0. The summed E-state index contributed by atoms with van der Waals surface area (Å²) in [4.78, 5) is 14.2. The number of halogens is 1. The Balaban J connectivity index is 1.99. The SMILES string of the molecule is CN1CCCC(CC(=O)c2ccccc2F)C1. The van der Waals surface area contributed by atoms with Crippen LogP contribution in [0.5, 0.6) is 0 Å². The highest BCUT2D eigenvalue weighted by Gasteiger charge is 2.21. The van der Waals surface area contributed by atoms with Gasteiger partial charge in [-0.25, -0.2) is 4.39 Å². The maximum absolute atomic E-state index is 13.4. The summed E-state index contributed by atoms with van der Waals surface area (Å²) in [6.07, 6.45) is 2.67. The van der Waals surface area contributed by atoms with E-state index in [-0.39, 0.29) is 11.3 Å². The second-order valence-corrected chi connectivity index (χ2v) is 4.88. The van der Waals surface area contributed by atoms with Crippen molar-refractivity contribution in [2.75, 3.05) is 20.1 Å². The van der Waals surface area contributed by atoms with Gasteiger partial charge in [0.15, 0.2) is 5.78 Å². The summed E-state index contributed by atoms with van der Waals surface area (Å²) in [5.74, 6) is -0.0917. The van der Waals surface area contributed by atoms with Crippen LogP contribution in [-0.2, 0) is 0 Å². The Kier molecular flexibility index (Phi) is 3.89. The van der Waals surface area contributed by atoms with Crippen molar-refractivity contribution in [2.24, 2.45) is 5.92 Å². The fourth-order valence-electron chi connectivity index (χ4n) is 2.50. The molecule has 3 heteroatoms. The van der Waals surface area contributed by atoms with E-state index in [9.17, 15) is 9.18 Å². The highest BCUT2D eigenvalue weighted by Crippen LogP contribution is 2.21. The Morgan fingerprint density at radius 1 is 1.47 bits per heavy atom. The van der Waals surface area contributed by atoms with Crippen molar-refractivity contribution in [3.63, 3.8) is 0 Å². The third kappa shape index (κ3) is 3.13. The normalized spacial score (nSPS) is 21.4. The minimum atomic E-state index is -0.401. The minimum absolute atomic E-state index is 0.0663. The number of hydrogen-bond donors (Lipinski definition) is 0. The van der Waals surface area contributed by atoms with Crippen LogP contribution >= 0.6 is 0 Å². The van der Waals surface area contributed by atoms with Gasteiger partial charge in [-0.2, -0.15) is 0 Å². The fraction of sp³-hybridized carbons (Fsp3) is 0.500. The van der Waals surface area contributed by atoms with Gasteiger partial charge in [-0.3, -0.25) is 4.79 Å².